The normalized spacial score (nSPS) is 9.47. The summed E-state index contributed by atoms with van der Waals surface area (Å²) in [5, 5.41) is 11.5. The van der Waals surface area contributed by atoms with Gasteiger partial charge in [0.05, 0.1) is 18.1 Å². The molecule has 0 bridgehead atoms. The highest BCUT2D eigenvalue weighted by Gasteiger charge is 2.11. The van der Waals surface area contributed by atoms with Gasteiger partial charge >= 0.3 is 0 Å². The van der Waals surface area contributed by atoms with Crippen LogP contribution in [0.25, 0.3) is 0 Å². The number of carbonyl (C=O) groups excluding carboxylic acids is 1. The molecule has 0 aliphatic rings. The molecule has 1 aromatic heterocycles. The van der Waals surface area contributed by atoms with Crippen molar-refractivity contribution in [3.63, 3.8) is 0 Å². The van der Waals surface area contributed by atoms with Crippen molar-refractivity contribution in [1.82, 2.24) is 9.88 Å². The zero-order valence-corrected chi connectivity index (χ0v) is 10.1. The number of rotatable bonds is 5. The number of nitrogens with one attached hydrogen (secondary N) is 1. The summed E-state index contributed by atoms with van der Waals surface area (Å²) in [4.78, 5) is 17.5. The zero-order chi connectivity index (χ0) is 12.7. The summed E-state index contributed by atoms with van der Waals surface area (Å²) in [5.74, 6) is 0.638. The predicted octanol–water partition coefficient (Wildman–Crippen LogP) is 1.50. The lowest BCUT2D eigenvalue weighted by molar-refractivity contribution is 0.0797. The summed E-state index contributed by atoms with van der Waals surface area (Å²) in [6, 6.07) is 5.52. The van der Waals surface area contributed by atoms with E-state index >= 15 is 0 Å². The van der Waals surface area contributed by atoms with Gasteiger partial charge in [-0.15, -0.1) is 0 Å². The van der Waals surface area contributed by atoms with E-state index in [0.29, 0.717) is 18.5 Å². The fourth-order valence-corrected chi connectivity index (χ4v) is 1.35. The monoisotopic (exact) mass is 232 g/mol. The molecule has 0 aliphatic heterocycles. The van der Waals surface area contributed by atoms with Gasteiger partial charge in [0.25, 0.3) is 5.91 Å². The van der Waals surface area contributed by atoms with Crippen molar-refractivity contribution < 1.29 is 4.79 Å². The van der Waals surface area contributed by atoms with Crippen LogP contribution in [0.3, 0.4) is 0 Å². The van der Waals surface area contributed by atoms with Crippen molar-refractivity contribution in [3.8, 4) is 6.07 Å². The first-order valence-electron chi connectivity index (χ1n) is 5.51. The molecule has 0 saturated carbocycles. The molecule has 1 rings (SSSR count). The fourth-order valence-electron chi connectivity index (χ4n) is 1.35. The molecule has 0 spiro atoms. The number of nitrogens with zero attached hydrogens (tertiary/aromatic N) is 3. The smallest absolute Gasteiger partial charge is 0.255 e. The minimum Gasteiger partial charge on any atom is -0.370 e. The molecule has 1 N–H and O–H groups in total. The van der Waals surface area contributed by atoms with Gasteiger partial charge in [-0.25, -0.2) is 4.98 Å². The van der Waals surface area contributed by atoms with Crippen LogP contribution in [-0.2, 0) is 0 Å². The topological polar surface area (TPSA) is 69.0 Å². The number of hydrogen-bond donors (Lipinski definition) is 1. The van der Waals surface area contributed by atoms with Gasteiger partial charge in [0.2, 0.25) is 0 Å². The van der Waals surface area contributed by atoms with Crippen LogP contribution in [0.1, 0.15) is 23.7 Å². The van der Waals surface area contributed by atoms with E-state index in [1.54, 1.807) is 25.4 Å². The highest BCUT2D eigenvalue weighted by molar-refractivity contribution is 5.93. The molecule has 90 valence electrons. The molecule has 1 aromatic rings. The Morgan fingerprint density at radius 2 is 2.35 bits per heavy atom. The van der Waals surface area contributed by atoms with E-state index < -0.39 is 0 Å². The summed E-state index contributed by atoms with van der Waals surface area (Å²) >= 11 is 0. The Hall–Kier alpha value is -2.09. The zero-order valence-electron chi connectivity index (χ0n) is 10.1. The Morgan fingerprint density at radius 3 is 2.88 bits per heavy atom. The minimum atomic E-state index is -0.115. The maximum absolute atomic E-state index is 11.9. The van der Waals surface area contributed by atoms with Crippen LogP contribution in [0.5, 0.6) is 0 Å². The second-order valence-corrected chi connectivity index (χ2v) is 3.60. The molecule has 17 heavy (non-hydrogen) atoms. The molecule has 1 heterocycles. The molecule has 5 heteroatoms. The van der Waals surface area contributed by atoms with Gasteiger partial charge in [0.15, 0.2) is 0 Å². The fraction of sp³-hybridized carbons (Fsp3) is 0.417. The van der Waals surface area contributed by atoms with Gasteiger partial charge in [-0.3, -0.25) is 4.79 Å². The number of nitriles is 1. The molecule has 0 radical (unpaired) electrons. The quantitative estimate of drug-likeness (QED) is 0.835. The average molecular weight is 232 g/mol. The van der Waals surface area contributed by atoms with Gasteiger partial charge in [-0.2, -0.15) is 5.26 Å². The van der Waals surface area contributed by atoms with E-state index in [2.05, 4.69) is 10.3 Å². The van der Waals surface area contributed by atoms with Gasteiger partial charge < -0.3 is 10.2 Å². The van der Waals surface area contributed by atoms with E-state index in [1.165, 1.54) is 4.90 Å². The van der Waals surface area contributed by atoms with Crippen LogP contribution in [0.4, 0.5) is 5.82 Å². The largest absolute Gasteiger partial charge is 0.370 e. The minimum absolute atomic E-state index is 0.115. The third-order valence-corrected chi connectivity index (χ3v) is 2.27. The van der Waals surface area contributed by atoms with Crippen LogP contribution in [0.15, 0.2) is 18.3 Å². The lowest BCUT2D eigenvalue weighted by Gasteiger charge is -2.15. The summed E-state index contributed by atoms with van der Waals surface area (Å²) in [7, 11) is 1.68. The molecule has 1 amide bonds. The summed E-state index contributed by atoms with van der Waals surface area (Å²) in [6.45, 7) is 3.21. The number of anilines is 1. The molecule has 0 atom stereocenters. The van der Waals surface area contributed by atoms with E-state index in [1.807, 2.05) is 13.0 Å². The molecule has 0 saturated heterocycles. The Bertz CT molecular complexity index is 408. The molecule has 0 aromatic carbocycles. The number of aromatic nitrogens is 1. The van der Waals surface area contributed by atoms with E-state index in [-0.39, 0.29) is 5.91 Å². The predicted molar refractivity (Wildman–Crippen MR) is 65.6 cm³/mol. The second kappa shape index (κ2) is 6.48. The van der Waals surface area contributed by atoms with Crippen LogP contribution in [0.2, 0.25) is 0 Å². The average Bonchev–Trinajstić information content (AvgIpc) is 2.36. The summed E-state index contributed by atoms with van der Waals surface area (Å²) in [5.41, 5.74) is 0.534. The van der Waals surface area contributed by atoms with Crippen LogP contribution in [-0.4, -0.2) is 35.9 Å². The third-order valence-electron chi connectivity index (χ3n) is 2.27. The van der Waals surface area contributed by atoms with E-state index in [4.69, 9.17) is 5.26 Å². The molecular weight excluding hydrogens is 216 g/mol. The first-order chi connectivity index (χ1) is 8.19. The number of carbonyl (C=O) groups is 1. The molecule has 5 nitrogen and oxygen atoms in total. The molecular formula is C12H16N4O. The van der Waals surface area contributed by atoms with Crippen molar-refractivity contribution in [2.24, 2.45) is 0 Å². The van der Waals surface area contributed by atoms with Crippen molar-refractivity contribution >= 4 is 11.7 Å². The van der Waals surface area contributed by atoms with Crippen LogP contribution in [0, 0.1) is 11.3 Å². The maximum atomic E-state index is 11.9. The Morgan fingerprint density at radius 1 is 1.59 bits per heavy atom. The van der Waals surface area contributed by atoms with Gasteiger partial charge in [-0.1, -0.05) is 0 Å². The van der Waals surface area contributed by atoms with Crippen molar-refractivity contribution in [2.45, 2.75) is 13.3 Å². The highest BCUT2D eigenvalue weighted by atomic mass is 16.2. The molecule has 0 aliphatic carbocycles. The summed E-state index contributed by atoms with van der Waals surface area (Å²) in [6.07, 6.45) is 1.88. The lowest BCUT2D eigenvalue weighted by atomic mass is 10.2. The maximum Gasteiger partial charge on any atom is 0.255 e. The number of pyridine rings is 1. The Labute approximate surface area is 101 Å². The van der Waals surface area contributed by atoms with Gasteiger partial charge in [0.1, 0.15) is 5.82 Å². The summed E-state index contributed by atoms with van der Waals surface area (Å²) < 4.78 is 0. The second-order valence-electron chi connectivity index (χ2n) is 3.60. The van der Waals surface area contributed by atoms with Crippen LogP contribution >= 0.6 is 0 Å². The van der Waals surface area contributed by atoms with Crippen LogP contribution < -0.4 is 5.32 Å². The first-order valence-corrected chi connectivity index (χ1v) is 5.51. The lowest BCUT2D eigenvalue weighted by Crippen LogP contribution is -2.27. The van der Waals surface area contributed by atoms with Gasteiger partial charge in [-0.05, 0) is 19.1 Å². The standard InChI is InChI=1S/C12H16N4O/c1-3-14-11-6-5-10(9-15-11)12(17)16(2)8-4-7-13/h5-6,9H,3-4,8H2,1-2H3,(H,14,15). The van der Waals surface area contributed by atoms with E-state index in [9.17, 15) is 4.79 Å². The molecule has 0 fully saturated rings. The first kappa shape index (κ1) is 13.0. The SMILES string of the molecule is CCNc1ccc(C(=O)N(C)CCC#N)cn1. The third kappa shape index (κ3) is 3.76. The van der Waals surface area contributed by atoms with Crippen molar-refractivity contribution in [2.75, 3.05) is 25.5 Å². The van der Waals surface area contributed by atoms with Gasteiger partial charge in [0, 0.05) is 26.3 Å². The Kier molecular flexibility index (Phi) is 4.95. The van der Waals surface area contributed by atoms with E-state index in [0.717, 1.165) is 12.4 Å². The molecule has 0 unspecified atom stereocenters. The van der Waals surface area contributed by atoms with Crippen molar-refractivity contribution in [3.05, 3.63) is 23.9 Å². The Balaban J connectivity index is 2.66. The number of amides is 1. The highest BCUT2D eigenvalue weighted by Crippen LogP contribution is 2.07. The number of hydrogen-bond acceptors (Lipinski definition) is 4. The van der Waals surface area contributed by atoms with Crippen molar-refractivity contribution in [1.29, 1.82) is 5.26 Å².